The van der Waals surface area contributed by atoms with Crippen molar-refractivity contribution in [3.8, 4) is 5.75 Å². The topological polar surface area (TPSA) is 93.9 Å². The van der Waals surface area contributed by atoms with E-state index in [0.717, 1.165) is 0 Å². The molecule has 0 aliphatic heterocycles. The van der Waals surface area contributed by atoms with Gasteiger partial charge in [0.25, 0.3) is 0 Å². The summed E-state index contributed by atoms with van der Waals surface area (Å²) in [6.07, 6.45) is 1.54. The van der Waals surface area contributed by atoms with Gasteiger partial charge in [-0.15, -0.1) is 0 Å². The van der Waals surface area contributed by atoms with E-state index in [9.17, 15) is 18.0 Å². The first-order valence-electron chi connectivity index (χ1n) is 10.4. The third-order valence-corrected chi connectivity index (χ3v) is 7.18. The molecule has 2 aromatic rings. The first-order chi connectivity index (χ1) is 14.3. The molecule has 2 rings (SSSR count). The molecule has 0 aliphatic carbocycles. The zero-order chi connectivity index (χ0) is 23.6. The van der Waals surface area contributed by atoms with Crippen molar-refractivity contribution in [3.05, 3.63) is 29.5 Å². The van der Waals surface area contributed by atoms with Gasteiger partial charge in [-0.25, -0.2) is 8.42 Å². The molecule has 0 bridgehead atoms. The lowest BCUT2D eigenvalue weighted by atomic mass is 9.87. The molecule has 0 saturated carbocycles. The molecule has 172 valence electrons. The van der Waals surface area contributed by atoms with Crippen molar-refractivity contribution in [1.29, 1.82) is 0 Å². The number of Topliss-reactive ketones (excluding diaryl/α,β-unsaturated/α-hetero) is 1. The van der Waals surface area contributed by atoms with Crippen LogP contribution in [-0.4, -0.2) is 56.7 Å². The Kier molecular flexibility index (Phi) is 7.57. The molecule has 1 aromatic carbocycles. The van der Waals surface area contributed by atoms with Crippen molar-refractivity contribution in [2.45, 2.75) is 52.7 Å². The second-order valence-corrected chi connectivity index (χ2v) is 11.4. The Labute approximate surface area is 184 Å². The van der Waals surface area contributed by atoms with Crippen LogP contribution < -0.4 is 4.74 Å². The van der Waals surface area contributed by atoms with Crippen LogP contribution in [-0.2, 0) is 21.1 Å². The highest BCUT2D eigenvalue weighted by Crippen LogP contribution is 2.34. The molecule has 31 heavy (non-hydrogen) atoms. The van der Waals surface area contributed by atoms with E-state index in [-0.39, 0.29) is 23.9 Å². The van der Waals surface area contributed by atoms with E-state index in [2.05, 4.69) is 0 Å². The predicted molar refractivity (Wildman–Crippen MR) is 121 cm³/mol. The lowest BCUT2D eigenvalue weighted by molar-refractivity contribution is -0.130. The van der Waals surface area contributed by atoms with Gasteiger partial charge in [0.15, 0.2) is 5.76 Å². The lowest BCUT2D eigenvalue weighted by Crippen LogP contribution is -2.35. The van der Waals surface area contributed by atoms with Gasteiger partial charge in [0.1, 0.15) is 21.2 Å². The molecule has 0 radical (unpaired) electrons. The number of ether oxygens (including phenoxy) is 1. The number of hydrogen-bond acceptors (Lipinski definition) is 6. The second kappa shape index (κ2) is 9.42. The average molecular weight is 452 g/mol. The van der Waals surface area contributed by atoms with Crippen molar-refractivity contribution < 1.29 is 27.2 Å². The van der Waals surface area contributed by atoms with E-state index >= 15 is 0 Å². The third kappa shape index (κ3) is 5.87. The molecule has 8 heteroatoms. The van der Waals surface area contributed by atoms with Crippen LogP contribution in [0.3, 0.4) is 0 Å². The highest BCUT2D eigenvalue weighted by atomic mass is 32.2. The first kappa shape index (κ1) is 24.9. The summed E-state index contributed by atoms with van der Waals surface area (Å²) >= 11 is 0. The van der Waals surface area contributed by atoms with E-state index in [0.29, 0.717) is 41.8 Å². The number of rotatable bonds is 9. The van der Waals surface area contributed by atoms with Crippen LogP contribution in [0.25, 0.3) is 11.0 Å². The fourth-order valence-electron chi connectivity index (χ4n) is 3.23. The average Bonchev–Trinajstić information content (AvgIpc) is 3.03. The van der Waals surface area contributed by atoms with Gasteiger partial charge >= 0.3 is 0 Å². The van der Waals surface area contributed by atoms with Crippen molar-refractivity contribution in [3.63, 3.8) is 0 Å². The number of methoxy groups -OCH3 is 1. The fraction of sp³-hybridized carbons (Fsp3) is 0.565. The Morgan fingerprint density at radius 2 is 1.87 bits per heavy atom. The molecule has 0 aliphatic rings. The largest absolute Gasteiger partial charge is 0.497 e. The minimum Gasteiger partial charge on any atom is -0.497 e. The number of nitrogens with zero attached hydrogens (tertiary/aromatic N) is 1. The van der Waals surface area contributed by atoms with E-state index in [1.165, 1.54) is 6.26 Å². The van der Waals surface area contributed by atoms with E-state index in [4.69, 9.17) is 9.15 Å². The summed E-state index contributed by atoms with van der Waals surface area (Å²) in [4.78, 5) is 27.8. The summed E-state index contributed by atoms with van der Waals surface area (Å²) in [5.41, 5.74) is 0.379. The number of sulfone groups is 1. The normalized spacial score (nSPS) is 13.3. The van der Waals surface area contributed by atoms with Gasteiger partial charge in [-0.05, 0) is 38.5 Å². The highest BCUT2D eigenvalue weighted by Gasteiger charge is 2.31. The van der Waals surface area contributed by atoms with Crippen LogP contribution in [0.2, 0.25) is 0 Å². The maximum atomic E-state index is 13.1. The van der Waals surface area contributed by atoms with Crippen LogP contribution in [0.4, 0.5) is 0 Å². The Morgan fingerprint density at radius 1 is 1.23 bits per heavy atom. The number of amides is 1. The number of likely N-dealkylation sites (N-methyl/N-ethyl adjacent to an activating group) is 1. The Morgan fingerprint density at radius 3 is 2.39 bits per heavy atom. The molecule has 0 N–H and O–H groups in total. The number of carbonyl (C=O) groups excluding carboxylic acids is 2. The molecule has 7 nitrogen and oxygen atoms in total. The monoisotopic (exact) mass is 451 g/mol. The summed E-state index contributed by atoms with van der Waals surface area (Å²) in [5.74, 6) is 0.423. The van der Waals surface area contributed by atoms with E-state index in [1.807, 2.05) is 6.92 Å². The lowest BCUT2D eigenvalue weighted by Gasteiger charge is -2.23. The number of ketones is 1. The van der Waals surface area contributed by atoms with Crippen molar-refractivity contribution in [1.82, 2.24) is 4.90 Å². The smallest absolute Gasteiger partial charge is 0.227 e. The van der Waals surface area contributed by atoms with Gasteiger partial charge in [-0.2, -0.15) is 0 Å². The molecule has 0 fully saturated rings. The van der Waals surface area contributed by atoms with Crippen LogP contribution in [0.15, 0.2) is 22.6 Å². The number of hydrogen-bond donors (Lipinski definition) is 0. The van der Waals surface area contributed by atoms with Gasteiger partial charge in [0, 0.05) is 35.7 Å². The zero-order valence-electron chi connectivity index (χ0n) is 19.4. The fourth-order valence-corrected chi connectivity index (χ4v) is 3.76. The van der Waals surface area contributed by atoms with Gasteiger partial charge in [0.2, 0.25) is 11.7 Å². The van der Waals surface area contributed by atoms with Gasteiger partial charge < -0.3 is 14.1 Å². The zero-order valence-corrected chi connectivity index (χ0v) is 20.3. The molecular weight excluding hydrogens is 418 g/mol. The second-order valence-electron chi connectivity index (χ2n) is 8.93. The number of fused-ring (bicyclic) bond motifs is 1. The van der Waals surface area contributed by atoms with Gasteiger partial charge in [-0.3, -0.25) is 9.59 Å². The van der Waals surface area contributed by atoms with Gasteiger partial charge in [-0.1, -0.05) is 20.8 Å². The maximum Gasteiger partial charge on any atom is 0.227 e. The van der Waals surface area contributed by atoms with Crippen LogP contribution >= 0.6 is 0 Å². The molecule has 1 amide bonds. The number of furan rings is 1. The van der Waals surface area contributed by atoms with Crippen molar-refractivity contribution in [2.75, 3.05) is 26.5 Å². The number of carbonyl (C=O) groups is 2. The van der Waals surface area contributed by atoms with Crippen LogP contribution in [0.5, 0.6) is 5.75 Å². The summed E-state index contributed by atoms with van der Waals surface area (Å²) in [6, 6.07) is 5.24. The Balaban J connectivity index is 2.40. The summed E-state index contributed by atoms with van der Waals surface area (Å²) < 4.78 is 34.6. The third-order valence-electron chi connectivity index (χ3n) is 5.48. The quantitative estimate of drug-likeness (QED) is 0.537. The molecule has 0 saturated heterocycles. The minimum absolute atomic E-state index is 0.0155. The summed E-state index contributed by atoms with van der Waals surface area (Å²) in [7, 11) is -1.61. The number of benzene rings is 1. The Hall–Kier alpha value is -2.35. The minimum atomic E-state index is -3.16. The molecule has 1 heterocycles. The van der Waals surface area contributed by atoms with Crippen LogP contribution in [0.1, 0.15) is 57.2 Å². The van der Waals surface area contributed by atoms with E-state index in [1.54, 1.807) is 57.9 Å². The molecule has 0 spiro atoms. The predicted octanol–water partition coefficient (Wildman–Crippen LogP) is 3.88. The molecule has 1 atom stereocenters. The molecular formula is C23H33NO6S. The van der Waals surface area contributed by atoms with E-state index < -0.39 is 20.5 Å². The van der Waals surface area contributed by atoms with Gasteiger partial charge in [0.05, 0.1) is 18.8 Å². The first-order valence-corrected chi connectivity index (χ1v) is 12.4. The standard InChI is InChI=1S/C23H33NO6S/c1-8-24(12-11-15(2)31(7,27)28)20(25)14-18-17-13-16(29-6)9-10-19(17)30-21(18)22(26)23(3,4)5/h9-10,13,15H,8,11-12,14H2,1-7H3. The summed E-state index contributed by atoms with van der Waals surface area (Å²) in [6.45, 7) is 9.67. The van der Waals surface area contributed by atoms with Crippen molar-refractivity contribution in [2.24, 2.45) is 5.41 Å². The summed E-state index contributed by atoms with van der Waals surface area (Å²) in [5, 5.41) is 0.132. The highest BCUT2D eigenvalue weighted by molar-refractivity contribution is 7.91. The maximum absolute atomic E-state index is 13.1. The van der Waals surface area contributed by atoms with Crippen molar-refractivity contribution >= 4 is 32.5 Å². The molecule has 1 aromatic heterocycles. The Bertz CT molecular complexity index is 1060. The van der Waals surface area contributed by atoms with Crippen LogP contribution in [0, 0.1) is 5.41 Å². The molecule has 1 unspecified atom stereocenters. The SMILES string of the molecule is CCN(CCC(C)S(C)(=O)=O)C(=O)Cc1c(C(=O)C(C)(C)C)oc2ccc(OC)cc12.